The fourth-order valence-corrected chi connectivity index (χ4v) is 1.50. The Morgan fingerprint density at radius 2 is 2.23 bits per heavy atom. The molecule has 6 heteroatoms. The molecule has 5 nitrogen and oxygen atoms in total. The second-order valence-electron chi connectivity index (χ2n) is 2.71. The number of hydrogen-bond donors (Lipinski definition) is 1. The van der Waals surface area contributed by atoms with Crippen LogP contribution in [0.2, 0.25) is 0 Å². The molecule has 0 amide bonds. The van der Waals surface area contributed by atoms with E-state index >= 15 is 0 Å². The number of nitrogens with one attached hydrogen (secondary N) is 1. The van der Waals surface area contributed by atoms with E-state index in [4.69, 9.17) is 0 Å². The van der Waals surface area contributed by atoms with E-state index in [0.29, 0.717) is 5.65 Å². The van der Waals surface area contributed by atoms with Gasteiger partial charge in [0.2, 0.25) is 15.0 Å². The molecule has 68 valence electrons. The lowest BCUT2D eigenvalue weighted by Crippen LogP contribution is -2.03. The van der Waals surface area contributed by atoms with Gasteiger partial charge in [0.1, 0.15) is 5.65 Å². The van der Waals surface area contributed by atoms with Gasteiger partial charge in [-0.3, -0.25) is 0 Å². The molecule has 0 radical (unpaired) electrons. The second-order valence-corrected chi connectivity index (χ2v) is 4.62. The van der Waals surface area contributed by atoms with Crippen LogP contribution < -0.4 is 0 Å². The molecular formula is C7H7N3O2S. The van der Waals surface area contributed by atoms with Crippen molar-refractivity contribution in [3.63, 3.8) is 0 Å². The summed E-state index contributed by atoms with van der Waals surface area (Å²) in [6.45, 7) is 0. The van der Waals surface area contributed by atoms with Gasteiger partial charge < -0.3 is 4.98 Å². The summed E-state index contributed by atoms with van der Waals surface area (Å²) < 4.78 is 22.1. The molecule has 0 aliphatic carbocycles. The summed E-state index contributed by atoms with van der Waals surface area (Å²) >= 11 is 0. The first-order valence-electron chi connectivity index (χ1n) is 3.57. The van der Waals surface area contributed by atoms with Crippen molar-refractivity contribution in [1.82, 2.24) is 15.0 Å². The first kappa shape index (κ1) is 8.18. The topological polar surface area (TPSA) is 75.7 Å². The number of nitrogens with zero attached hydrogens (tertiary/aromatic N) is 2. The number of sulfone groups is 1. The summed E-state index contributed by atoms with van der Waals surface area (Å²) in [5.74, 6) is 0. The van der Waals surface area contributed by atoms with E-state index < -0.39 is 9.84 Å². The first-order chi connectivity index (χ1) is 6.07. The van der Waals surface area contributed by atoms with Gasteiger partial charge in [-0.25, -0.2) is 18.4 Å². The fraction of sp³-hybridized carbons (Fsp3) is 0.143. The summed E-state index contributed by atoms with van der Waals surface area (Å²) in [4.78, 5) is 10.4. The molecule has 2 rings (SSSR count). The van der Waals surface area contributed by atoms with E-state index in [1.54, 1.807) is 12.3 Å². The summed E-state index contributed by atoms with van der Waals surface area (Å²) in [7, 11) is -3.31. The van der Waals surface area contributed by atoms with Crippen molar-refractivity contribution in [3.8, 4) is 0 Å². The molecule has 0 saturated carbocycles. The predicted molar refractivity (Wildman–Crippen MR) is 47.0 cm³/mol. The van der Waals surface area contributed by atoms with Crippen LogP contribution in [0.3, 0.4) is 0 Å². The van der Waals surface area contributed by atoms with Crippen LogP contribution in [0.25, 0.3) is 11.0 Å². The number of H-pyrrole nitrogens is 1. The standard InChI is InChI=1S/C7H7N3O2S/c1-13(11,12)7-9-4-5-2-3-8-6(5)10-7/h2-4H,1H3,(H,8,9,10). The quantitative estimate of drug-likeness (QED) is 0.670. The molecule has 0 fully saturated rings. The van der Waals surface area contributed by atoms with Gasteiger partial charge in [0.25, 0.3) is 0 Å². The third-order valence-corrected chi connectivity index (χ3v) is 2.47. The molecule has 2 heterocycles. The fourth-order valence-electron chi connectivity index (χ4n) is 1.00. The lowest BCUT2D eigenvalue weighted by Gasteiger charge is -1.94. The molecule has 0 aliphatic heterocycles. The lowest BCUT2D eigenvalue weighted by molar-refractivity contribution is 0.593. The molecule has 0 aromatic carbocycles. The van der Waals surface area contributed by atoms with Gasteiger partial charge in [0, 0.05) is 24.0 Å². The molecule has 13 heavy (non-hydrogen) atoms. The van der Waals surface area contributed by atoms with Crippen LogP contribution in [0.15, 0.2) is 23.6 Å². The van der Waals surface area contributed by atoms with Crippen molar-refractivity contribution in [2.45, 2.75) is 5.16 Å². The Kier molecular flexibility index (Phi) is 1.59. The third kappa shape index (κ3) is 1.40. The molecule has 0 spiro atoms. The normalized spacial score (nSPS) is 12.1. The largest absolute Gasteiger partial charge is 0.346 e. The highest BCUT2D eigenvalue weighted by Crippen LogP contribution is 2.09. The molecule has 0 unspecified atom stereocenters. The maximum atomic E-state index is 11.1. The summed E-state index contributed by atoms with van der Waals surface area (Å²) in [5, 5.41) is 0.648. The number of fused-ring (bicyclic) bond motifs is 1. The van der Waals surface area contributed by atoms with Crippen LogP contribution >= 0.6 is 0 Å². The monoisotopic (exact) mass is 197 g/mol. The Morgan fingerprint density at radius 3 is 2.92 bits per heavy atom. The van der Waals surface area contributed by atoms with Gasteiger partial charge in [0.15, 0.2) is 0 Å². The Bertz CT molecular complexity index is 544. The van der Waals surface area contributed by atoms with Crippen LogP contribution in [-0.4, -0.2) is 29.6 Å². The molecule has 2 aromatic rings. The van der Waals surface area contributed by atoms with E-state index in [1.807, 2.05) is 0 Å². The molecule has 0 bridgehead atoms. The minimum atomic E-state index is -3.31. The predicted octanol–water partition coefficient (Wildman–Crippen LogP) is 0.361. The van der Waals surface area contributed by atoms with Crippen molar-refractivity contribution in [3.05, 3.63) is 18.5 Å². The zero-order chi connectivity index (χ0) is 9.47. The van der Waals surface area contributed by atoms with Gasteiger partial charge in [0.05, 0.1) is 0 Å². The third-order valence-electron chi connectivity index (χ3n) is 1.61. The molecule has 0 saturated heterocycles. The van der Waals surface area contributed by atoms with Crippen LogP contribution in [-0.2, 0) is 9.84 Å². The summed E-state index contributed by atoms with van der Waals surface area (Å²) in [6.07, 6.45) is 4.25. The van der Waals surface area contributed by atoms with Crippen molar-refractivity contribution in [1.29, 1.82) is 0 Å². The first-order valence-corrected chi connectivity index (χ1v) is 5.47. The molecule has 0 atom stereocenters. The maximum Gasteiger partial charge on any atom is 0.248 e. The summed E-state index contributed by atoms with van der Waals surface area (Å²) in [5.41, 5.74) is 0.537. The highest BCUT2D eigenvalue weighted by molar-refractivity contribution is 7.90. The van der Waals surface area contributed by atoms with E-state index in [1.165, 1.54) is 6.20 Å². The van der Waals surface area contributed by atoms with Crippen molar-refractivity contribution in [2.75, 3.05) is 6.26 Å². The SMILES string of the molecule is CS(=O)(=O)c1ncc2cc[nH]c2n1. The Morgan fingerprint density at radius 1 is 1.46 bits per heavy atom. The zero-order valence-electron chi connectivity index (χ0n) is 6.85. The number of aromatic amines is 1. The average Bonchev–Trinajstić information content (AvgIpc) is 2.47. The van der Waals surface area contributed by atoms with E-state index in [9.17, 15) is 8.42 Å². The second kappa shape index (κ2) is 2.53. The van der Waals surface area contributed by atoms with Gasteiger partial charge >= 0.3 is 0 Å². The van der Waals surface area contributed by atoms with Gasteiger partial charge in [-0.2, -0.15) is 0 Å². The number of hydrogen-bond acceptors (Lipinski definition) is 4. The number of rotatable bonds is 1. The minimum Gasteiger partial charge on any atom is -0.346 e. The van der Waals surface area contributed by atoms with Crippen LogP contribution in [0.4, 0.5) is 0 Å². The zero-order valence-corrected chi connectivity index (χ0v) is 7.67. The average molecular weight is 197 g/mol. The van der Waals surface area contributed by atoms with E-state index in [0.717, 1.165) is 11.6 Å². The smallest absolute Gasteiger partial charge is 0.248 e. The van der Waals surface area contributed by atoms with Crippen LogP contribution in [0.1, 0.15) is 0 Å². The van der Waals surface area contributed by atoms with Crippen LogP contribution in [0, 0.1) is 0 Å². The van der Waals surface area contributed by atoms with Gasteiger partial charge in [-0.15, -0.1) is 0 Å². The van der Waals surface area contributed by atoms with E-state index in [2.05, 4.69) is 15.0 Å². The van der Waals surface area contributed by atoms with E-state index in [-0.39, 0.29) is 5.16 Å². The van der Waals surface area contributed by atoms with Crippen LogP contribution in [0.5, 0.6) is 0 Å². The van der Waals surface area contributed by atoms with Crippen molar-refractivity contribution in [2.24, 2.45) is 0 Å². The van der Waals surface area contributed by atoms with Crippen molar-refractivity contribution < 1.29 is 8.42 Å². The highest BCUT2D eigenvalue weighted by atomic mass is 32.2. The van der Waals surface area contributed by atoms with Crippen molar-refractivity contribution >= 4 is 20.9 Å². The minimum absolute atomic E-state index is 0.151. The van der Waals surface area contributed by atoms with Gasteiger partial charge in [-0.1, -0.05) is 0 Å². The lowest BCUT2D eigenvalue weighted by atomic mass is 10.4. The highest BCUT2D eigenvalue weighted by Gasteiger charge is 2.11. The van der Waals surface area contributed by atoms with Gasteiger partial charge in [-0.05, 0) is 6.07 Å². The Hall–Kier alpha value is -1.43. The number of aromatic nitrogens is 3. The molecule has 0 aliphatic rings. The Balaban J connectivity index is 2.75. The molecule has 2 aromatic heterocycles. The summed E-state index contributed by atoms with van der Waals surface area (Å²) in [6, 6.07) is 1.78. The molecular weight excluding hydrogens is 190 g/mol. The Labute approximate surface area is 74.8 Å². The molecule has 1 N–H and O–H groups in total. The maximum absolute atomic E-state index is 11.1.